The number of aromatic hydroxyl groups is 1. The van der Waals surface area contributed by atoms with Gasteiger partial charge in [0.1, 0.15) is 11.6 Å². The molecule has 0 fully saturated rings. The van der Waals surface area contributed by atoms with Gasteiger partial charge in [0.05, 0.1) is 4.88 Å². The summed E-state index contributed by atoms with van der Waals surface area (Å²) in [6, 6.07) is 9.53. The summed E-state index contributed by atoms with van der Waals surface area (Å²) in [5, 5.41) is 10.1. The van der Waals surface area contributed by atoms with Crippen LogP contribution in [0, 0.1) is 19.7 Å². The fraction of sp³-hybridized carbons (Fsp3) is 0.111. The van der Waals surface area contributed by atoms with Gasteiger partial charge >= 0.3 is 0 Å². The standard InChI is InChI=1S/C18H14FNO2S2/c1-10-7-12(8-11(2)16(10)21)15-9-20-17(24-15)18(22)23-14-5-3-13(19)4-6-14/h3-9,21H,1-2H3. The Morgan fingerprint density at radius 3 is 2.42 bits per heavy atom. The minimum atomic E-state index is -0.332. The van der Waals surface area contributed by atoms with Crippen molar-refractivity contribution in [1.82, 2.24) is 4.98 Å². The molecule has 3 aromatic rings. The zero-order valence-corrected chi connectivity index (χ0v) is 14.7. The van der Waals surface area contributed by atoms with E-state index in [0.29, 0.717) is 9.90 Å². The molecule has 0 atom stereocenters. The van der Waals surface area contributed by atoms with E-state index in [2.05, 4.69) is 4.98 Å². The monoisotopic (exact) mass is 359 g/mol. The van der Waals surface area contributed by atoms with Crippen molar-refractivity contribution >= 4 is 28.2 Å². The van der Waals surface area contributed by atoms with Crippen LogP contribution in [0.5, 0.6) is 5.75 Å². The third-order valence-electron chi connectivity index (χ3n) is 3.48. The van der Waals surface area contributed by atoms with E-state index in [0.717, 1.165) is 33.3 Å². The van der Waals surface area contributed by atoms with E-state index in [-0.39, 0.29) is 16.7 Å². The smallest absolute Gasteiger partial charge is 0.252 e. The lowest BCUT2D eigenvalue weighted by atomic mass is 10.1. The van der Waals surface area contributed by atoms with E-state index in [4.69, 9.17) is 0 Å². The summed E-state index contributed by atoms with van der Waals surface area (Å²) in [6.45, 7) is 3.67. The summed E-state index contributed by atoms with van der Waals surface area (Å²) < 4.78 is 12.9. The number of halogens is 1. The van der Waals surface area contributed by atoms with Gasteiger partial charge in [-0.15, -0.1) is 11.3 Å². The number of hydrogen-bond acceptors (Lipinski definition) is 5. The zero-order valence-electron chi connectivity index (χ0n) is 13.0. The average molecular weight is 359 g/mol. The van der Waals surface area contributed by atoms with Gasteiger partial charge in [-0.05, 0) is 78.7 Å². The van der Waals surface area contributed by atoms with Crippen molar-refractivity contribution in [2.45, 2.75) is 18.7 Å². The van der Waals surface area contributed by atoms with E-state index < -0.39 is 0 Å². The number of thiazole rings is 1. The van der Waals surface area contributed by atoms with Crippen molar-refractivity contribution in [1.29, 1.82) is 0 Å². The summed E-state index contributed by atoms with van der Waals surface area (Å²) in [5.41, 5.74) is 2.49. The Bertz CT molecular complexity index is 881. The van der Waals surface area contributed by atoms with Crippen LogP contribution in [-0.2, 0) is 0 Å². The second kappa shape index (κ2) is 6.75. The van der Waals surface area contributed by atoms with Crippen molar-refractivity contribution < 1.29 is 14.3 Å². The number of hydrogen-bond donors (Lipinski definition) is 1. The van der Waals surface area contributed by atoms with Crippen LogP contribution < -0.4 is 0 Å². The first kappa shape index (κ1) is 16.7. The second-order valence-electron chi connectivity index (χ2n) is 5.33. The van der Waals surface area contributed by atoms with Gasteiger partial charge in [-0.25, -0.2) is 9.37 Å². The quantitative estimate of drug-likeness (QED) is 0.653. The molecule has 24 heavy (non-hydrogen) atoms. The van der Waals surface area contributed by atoms with Gasteiger partial charge in [0.25, 0.3) is 5.12 Å². The first-order chi connectivity index (χ1) is 11.4. The SMILES string of the molecule is Cc1cc(-c2cnc(C(=O)Sc3ccc(F)cc3)s2)cc(C)c1O. The molecule has 1 heterocycles. The largest absolute Gasteiger partial charge is 0.507 e. The predicted molar refractivity (Wildman–Crippen MR) is 95.3 cm³/mol. The number of aromatic nitrogens is 1. The molecule has 0 spiro atoms. The molecule has 3 nitrogen and oxygen atoms in total. The number of carbonyl (C=O) groups is 1. The van der Waals surface area contributed by atoms with Crippen LogP contribution in [0.15, 0.2) is 47.5 Å². The Morgan fingerprint density at radius 1 is 1.17 bits per heavy atom. The Balaban J connectivity index is 1.82. The maximum Gasteiger partial charge on any atom is 0.252 e. The number of rotatable bonds is 3. The van der Waals surface area contributed by atoms with Gasteiger partial charge in [-0.2, -0.15) is 0 Å². The van der Waals surface area contributed by atoms with Crippen LogP contribution in [-0.4, -0.2) is 15.2 Å². The number of phenolic OH excluding ortho intramolecular Hbond substituents is 1. The van der Waals surface area contributed by atoms with E-state index in [1.165, 1.54) is 23.5 Å². The van der Waals surface area contributed by atoms with Crippen LogP contribution >= 0.6 is 23.1 Å². The highest BCUT2D eigenvalue weighted by Crippen LogP contribution is 2.34. The molecule has 0 aliphatic rings. The summed E-state index contributed by atoms with van der Waals surface area (Å²) in [7, 11) is 0. The third-order valence-corrected chi connectivity index (χ3v) is 5.54. The average Bonchev–Trinajstić information content (AvgIpc) is 3.04. The van der Waals surface area contributed by atoms with Gasteiger partial charge in [0.15, 0.2) is 5.01 Å². The molecule has 0 bridgehead atoms. The van der Waals surface area contributed by atoms with Gasteiger partial charge in [-0.1, -0.05) is 0 Å². The molecule has 0 saturated carbocycles. The molecule has 0 aliphatic carbocycles. The molecule has 0 radical (unpaired) electrons. The maximum absolute atomic E-state index is 12.9. The molecule has 1 N–H and O–H groups in total. The van der Waals surface area contributed by atoms with E-state index >= 15 is 0 Å². The number of benzene rings is 2. The number of nitrogens with zero attached hydrogens (tertiary/aromatic N) is 1. The fourth-order valence-electron chi connectivity index (χ4n) is 2.25. The number of aryl methyl sites for hydroxylation is 2. The summed E-state index contributed by atoms with van der Waals surface area (Å²) in [5.74, 6) is -0.0483. The van der Waals surface area contributed by atoms with Crippen molar-refractivity contribution in [3.63, 3.8) is 0 Å². The van der Waals surface area contributed by atoms with Crippen LogP contribution in [0.1, 0.15) is 20.9 Å². The van der Waals surface area contributed by atoms with E-state index in [9.17, 15) is 14.3 Å². The van der Waals surface area contributed by atoms with Crippen molar-refractivity contribution in [2.75, 3.05) is 0 Å². The summed E-state index contributed by atoms with van der Waals surface area (Å²) in [6.07, 6.45) is 1.66. The van der Waals surface area contributed by atoms with Crippen LogP contribution in [0.3, 0.4) is 0 Å². The molecule has 122 valence electrons. The van der Waals surface area contributed by atoms with Gasteiger partial charge in [0, 0.05) is 11.1 Å². The maximum atomic E-state index is 12.9. The van der Waals surface area contributed by atoms with Gasteiger partial charge < -0.3 is 5.11 Å². The molecule has 2 aromatic carbocycles. The zero-order chi connectivity index (χ0) is 17.3. The first-order valence-electron chi connectivity index (χ1n) is 7.18. The highest BCUT2D eigenvalue weighted by atomic mass is 32.2. The lowest BCUT2D eigenvalue weighted by Gasteiger charge is -2.05. The van der Waals surface area contributed by atoms with Crippen molar-refractivity contribution in [2.24, 2.45) is 0 Å². The highest BCUT2D eigenvalue weighted by molar-refractivity contribution is 8.14. The van der Waals surface area contributed by atoms with E-state index in [1.54, 1.807) is 18.3 Å². The number of carbonyl (C=O) groups excluding carboxylic acids is 1. The summed E-state index contributed by atoms with van der Waals surface area (Å²) >= 11 is 2.33. The first-order valence-corrected chi connectivity index (χ1v) is 8.81. The Labute approximate surface area is 147 Å². The minimum absolute atomic E-state index is 0.176. The number of thioether (sulfide) groups is 1. The van der Waals surface area contributed by atoms with Crippen LogP contribution in [0.4, 0.5) is 4.39 Å². The van der Waals surface area contributed by atoms with E-state index in [1.807, 2.05) is 26.0 Å². The Morgan fingerprint density at radius 2 is 1.79 bits per heavy atom. The molecule has 1 aromatic heterocycles. The molecular formula is C18H14FNO2S2. The molecule has 0 unspecified atom stereocenters. The minimum Gasteiger partial charge on any atom is -0.507 e. The Hall–Kier alpha value is -2.18. The lowest BCUT2D eigenvalue weighted by molar-refractivity contribution is 0.108. The molecule has 0 amide bonds. The topological polar surface area (TPSA) is 50.2 Å². The van der Waals surface area contributed by atoms with Gasteiger partial charge in [0.2, 0.25) is 0 Å². The molecule has 0 aliphatic heterocycles. The van der Waals surface area contributed by atoms with Crippen LogP contribution in [0.25, 0.3) is 10.4 Å². The van der Waals surface area contributed by atoms with Crippen molar-refractivity contribution in [3.05, 3.63) is 64.5 Å². The van der Waals surface area contributed by atoms with Gasteiger partial charge in [-0.3, -0.25) is 4.79 Å². The normalized spacial score (nSPS) is 10.8. The lowest BCUT2D eigenvalue weighted by Crippen LogP contribution is -1.91. The number of phenols is 1. The van der Waals surface area contributed by atoms with Crippen molar-refractivity contribution in [3.8, 4) is 16.2 Å². The fourth-order valence-corrected chi connectivity index (χ4v) is 3.87. The van der Waals surface area contributed by atoms with Crippen LogP contribution in [0.2, 0.25) is 0 Å². The second-order valence-corrected chi connectivity index (χ2v) is 7.41. The molecular weight excluding hydrogens is 345 g/mol. The molecule has 6 heteroatoms. The predicted octanol–water partition coefficient (Wildman–Crippen LogP) is 5.20. The highest BCUT2D eigenvalue weighted by Gasteiger charge is 2.15. The molecule has 3 rings (SSSR count). The summed E-state index contributed by atoms with van der Waals surface area (Å²) in [4.78, 5) is 18.0. The third kappa shape index (κ3) is 3.49. The Kier molecular flexibility index (Phi) is 4.69. The molecule has 0 saturated heterocycles.